The van der Waals surface area contributed by atoms with E-state index in [0.29, 0.717) is 17.9 Å². The maximum absolute atomic E-state index is 13.4. The highest BCUT2D eigenvalue weighted by Crippen LogP contribution is 2.57. The number of β-lactam (4-membered cyclic amide) rings is 1. The van der Waals surface area contributed by atoms with Gasteiger partial charge in [0.1, 0.15) is 29.2 Å². The number of nitrogens with two attached hydrogens (primary N) is 1. The van der Waals surface area contributed by atoms with E-state index in [4.69, 9.17) is 10.5 Å². The Labute approximate surface area is 229 Å². The summed E-state index contributed by atoms with van der Waals surface area (Å²) in [5.74, 6) is 0.143. The number of ether oxygens (including phenoxy) is 1. The summed E-state index contributed by atoms with van der Waals surface area (Å²) in [5, 5.41) is 17.6. The number of carbonyl (C=O) groups excluding carboxylic acids is 3. The number of nitrogens with one attached hydrogen (secondary N) is 2. The molecular formula is C26H30N8O4S. The van der Waals surface area contributed by atoms with Gasteiger partial charge in [-0.1, -0.05) is 42.5 Å². The number of benzene rings is 2. The zero-order chi connectivity index (χ0) is 27.7. The van der Waals surface area contributed by atoms with Gasteiger partial charge in [0.15, 0.2) is 5.82 Å². The molecule has 2 aliphatic heterocycles. The lowest BCUT2D eigenvalue weighted by Gasteiger charge is -2.44. The van der Waals surface area contributed by atoms with Crippen LogP contribution in [-0.2, 0) is 20.9 Å². The minimum atomic E-state index is -0.976. The van der Waals surface area contributed by atoms with E-state index in [-0.39, 0.29) is 17.8 Å². The molecule has 2 aliphatic rings. The molecule has 0 aliphatic carbocycles. The molecule has 3 amide bonds. The first-order valence-electron chi connectivity index (χ1n) is 12.5. The number of rotatable bonds is 9. The van der Waals surface area contributed by atoms with E-state index in [1.54, 1.807) is 52.7 Å². The summed E-state index contributed by atoms with van der Waals surface area (Å²) in [5.41, 5.74) is 7.04. The summed E-state index contributed by atoms with van der Waals surface area (Å²) in [7, 11) is 1.61. The summed E-state index contributed by atoms with van der Waals surface area (Å²) in [6.07, 6.45) is 0. The van der Waals surface area contributed by atoms with E-state index in [1.165, 1.54) is 0 Å². The molecule has 39 heavy (non-hydrogen) atoms. The Morgan fingerprint density at radius 3 is 2.54 bits per heavy atom. The van der Waals surface area contributed by atoms with E-state index in [9.17, 15) is 14.4 Å². The van der Waals surface area contributed by atoms with E-state index in [2.05, 4.69) is 26.2 Å². The lowest BCUT2D eigenvalue weighted by molar-refractivity contribution is -0.152. The summed E-state index contributed by atoms with van der Waals surface area (Å²) in [6, 6.07) is 14.3. The van der Waals surface area contributed by atoms with Gasteiger partial charge in [-0.25, -0.2) is 4.68 Å². The predicted molar refractivity (Wildman–Crippen MR) is 143 cm³/mol. The smallest absolute Gasteiger partial charge is 0.249 e. The van der Waals surface area contributed by atoms with Crippen molar-refractivity contribution in [2.45, 2.75) is 48.6 Å². The molecule has 2 saturated heterocycles. The summed E-state index contributed by atoms with van der Waals surface area (Å²) >= 11 is 1.58. The second kappa shape index (κ2) is 10.7. The van der Waals surface area contributed by atoms with Crippen LogP contribution in [0.15, 0.2) is 54.6 Å². The Bertz CT molecular complexity index is 1360. The second-order valence-electron chi connectivity index (χ2n) is 9.90. The Morgan fingerprint density at radius 1 is 1.15 bits per heavy atom. The Kier molecular flexibility index (Phi) is 7.28. The van der Waals surface area contributed by atoms with Crippen molar-refractivity contribution in [1.82, 2.24) is 35.7 Å². The summed E-state index contributed by atoms with van der Waals surface area (Å²) in [4.78, 5) is 40.5. The van der Waals surface area contributed by atoms with Crippen molar-refractivity contribution in [3.8, 4) is 5.75 Å². The van der Waals surface area contributed by atoms with Crippen molar-refractivity contribution in [1.29, 1.82) is 0 Å². The molecule has 3 aromatic rings. The zero-order valence-corrected chi connectivity index (χ0v) is 22.6. The molecule has 4 N–H and O–H groups in total. The molecule has 0 spiro atoms. The number of aromatic nitrogens is 4. The fourth-order valence-corrected chi connectivity index (χ4v) is 6.62. The number of hydrogen-bond acceptors (Lipinski definition) is 9. The number of tetrazole rings is 1. The van der Waals surface area contributed by atoms with Gasteiger partial charge in [0.2, 0.25) is 17.7 Å². The lowest BCUT2D eigenvalue weighted by atomic mass is 9.94. The normalized spacial score (nSPS) is 22.0. The van der Waals surface area contributed by atoms with Gasteiger partial charge in [-0.3, -0.25) is 14.4 Å². The van der Waals surface area contributed by atoms with Crippen LogP contribution in [0.3, 0.4) is 0 Å². The third kappa shape index (κ3) is 5.06. The van der Waals surface area contributed by atoms with Crippen LogP contribution in [0.4, 0.5) is 0 Å². The molecule has 204 valence electrons. The number of hydrogen-bond donors (Lipinski definition) is 3. The van der Waals surface area contributed by atoms with Crippen LogP contribution in [-0.4, -0.2) is 72.6 Å². The Hall–Kier alpha value is -3.97. The molecule has 2 aromatic carbocycles. The fourth-order valence-electron chi connectivity index (χ4n) is 4.99. The number of methoxy groups -OCH3 is 1. The standard InChI is InChI=1S/C26H30N8O4S/c1-26(2)21(22-30-31-32-33(22)14-15-9-11-17(38-3)12-10-15)34-24(37)20(25(34)39-26)29-23(36)19(28-18(35)13-27)16-7-5-4-6-8-16/h4-12,19-21,25H,13-14,27H2,1-3H3,(H,28,35)(H,29,36)/t19?,20?,21?,25-/m1/s1. The van der Waals surface area contributed by atoms with Crippen LogP contribution in [0.25, 0.3) is 0 Å². The van der Waals surface area contributed by atoms with E-state index in [0.717, 1.165) is 11.3 Å². The average Bonchev–Trinajstić information content (AvgIpc) is 3.49. The zero-order valence-electron chi connectivity index (χ0n) is 21.8. The number of carbonyl (C=O) groups is 3. The number of fused-ring (bicyclic) bond motifs is 1. The number of thioether (sulfide) groups is 1. The maximum Gasteiger partial charge on any atom is 0.249 e. The molecule has 5 rings (SSSR count). The van der Waals surface area contributed by atoms with Gasteiger partial charge in [-0.15, -0.1) is 16.9 Å². The molecule has 3 unspecified atom stereocenters. The molecule has 2 fully saturated rings. The largest absolute Gasteiger partial charge is 0.497 e. The van der Waals surface area contributed by atoms with Crippen molar-refractivity contribution in [2.75, 3.05) is 13.7 Å². The molecule has 1 aromatic heterocycles. The molecule has 0 bridgehead atoms. The van der Waals surface area contributed by atoms with Crippen LogP contribution in [0, 0.1) is 0 Å². The van der Waals surface area contributed by atoms with Crippen LogP contribution in [0.5, 0.6) is 5.75 Å². The predicted octanol–water partition coefficient (Wildman–Crippen LogP) is 0.766. The monoisotopic (exact) mass is 550 g/mol. The van der Waals surface area contributed by atoms with Gasteiger partial charge in [-0.2, -0.15) is 0 Å². The van der Waals surface area contributed by atoms with Crippen molar-refractivity contribution in [3.05, 3.63) is 71.5 Å². The van der Waals surface area contributed by atoms with Crippen molar-refractivity contribution >= 4 is 29.5 Å². The summed E-state index contributed by atoms with van der Waals surface area (Å²) in [6.45, 7) is 4.24. The van der Waals surface area contributed by atoms with Gasteiger partial charge in [0.25, 0.3) is 0 Å². The third-order valence-corrected chi connectivity index (χ3v) is 8.49. The Balaban J connectivity index is 1.34. The highest BCUT2D eigenvalue weighted by Gasteiger charge is 2.63. The molecular weight excluding hydrogens is 520 g/mol. The Morgan fingerprint density at radius 2 is 1.87 bits per heavy atom. The van der Waals surface area contributed by atoms with Crippen LogP contribution >= 0.6 is 11.8 Å². The first kappa shape index (κ1) is 26.6. The van der Waals surface area contributed by atoms with E-state index in [1.807, 2.05) is 44.2 Å². The van der Waals surface area contributed by atoms with Gasteiger partial charge in [0, 0.05) is 4.75 Å². The molecule has 4 atom stereocenters. The number of amides is 3. The molecule has 0 radical (unpaired) electrons. The van der Waals surface area contributed by atoms with Crippen LogP contribution in [0.1, 0.15) is 42.9 Å². The van der Waals surface area contributed by atoms with Gasteiger partial charge >= 0.3 is 0 Å². The summed E-state index contributed by atoms with van der Waals surface area (Å²) < 4.78 is 6.50. The fraction of sp³-hybridized carbons (Fsp3) is 0.385. The van der Waals surface area contributed by atoms with E-state index < -0.39 is 34.7 Å². The highest BCUT2D eigenvalue weighted by atomic mass is 32.2. The maximum atomic E-state index is 13.4. The van der Waals surface area contributed by atoms with Crippen molar-refractivity contribution in [2.24, 2.45) is 5.73 Å². The SMILES string of the molecule is COc1ccc(Cn2nnnc2C2N3C(=O)C(NC(=O)C(NC(=O)CN)c4ccccc4)[C@H]3SC2(C)C)cc1. The minimum Gasteiger partial charge on any atom is -0.497 e. The second-order valence-corrected chi connectivity index (χ2v) is 11.7. The first-order valence-corrected chi connectivity index (χ1v) is 13.3. The lowest BCUT2D eigenvalue weighted by Crippen LogP contribution is -2.68. The first-order chi connectivity index (χ1) is 18.7. The molecule has 12 nitrogen and oxygen atoms in total. The quantitative estimate of drug-likeness (QED) is 0.327. The topological polar surface area (TPSA) is 157 Å². The molecule has 0 saturated carbocycles. The highest BCUT2D eigenvalue weighted by molar-refractivity contribution is 8.01. The van der Waals surface area contributed by atoms with E-state index >= 15 is 0 Å². The number of nitrogens with zero attached hydrogens (tertiary/aromatic N) is 5. The van der Waals surface area contributed by atoms with Crippen molar-refractivity contribution in [3.63, 3.8) is 0 Å². The minimum absolute atomic E-state index is 0.229. The van der Waals surface area contributed by atoms with Crippen molar-refractivity contribution < 1.29 is 19.1 Å². The van der Waals surface area contributed by atoms with Gasteiger partial charge in [-0.05, 0) is 47.5 Å². The average molecular weight is 551 g/mol. The van der Waals surface area contributed by atoms with Crippen LogP contribution in [0.2, 0.25) is 0 Å². The van der Waals surface area contributed by atoms with Crippen LogP contribution < -0.4 is 21.1 Å². The van der Waals surface area contributed by atoms with Gasteiger partial charge in [0.05, 0.1) is 20.2 Å². The third-order valence-electron chi connectivity index (χ3n) is 6.92. The molecule has 3 heterocycles. The molecule has 13 heteroatoms. The van der Waals surface area contributed by atoms with Gasteiger partial charge < -0.3 is 26.0 Å².